The lowest BCUT2D eigenvalue weighted by Crippen LogP contribution is -2.46. The van der Waals surface area contributed by atoms with Gasteiger partial charge < -0.3 is 14.8 Å². The number of carbonyl (C=O) groups is 3. The molecule has 0 aromatic heterocycles. The summed E-state index contributed by atoms with van der Waals surface area (Å²) < 4.78 is 22.0. The monoisotopic (exact) mass is 311 g/mol. The van der Waals surface area contributed by atoms with E-state index < -0.39 is 35.6 Å². The molecule has 0 spiro atoms. The molecule has 1 aromatic rings. The maximum absolute atomic E-state index is 12.8. The minimum absolute atomic E-state index is 0.0556. The number of amides is 1. The third-order valence-electron chi connectivity index (χ3n) is 3.13. The van der Waals surface area contributed by atoms with Crippen molar-refractivity contribution in [2.45, 2.75) is 19.4 Å². The molecule has 7 heteroatoms. The van der Waals surface area contributed by atoms with E-state index in [0.717, 1.165) is 12.1 Å². The van der Waals surface area contributed by atoms with E-state index in [2.05, 4.69) is 14.8 Å². The predicted molar refractivity (Wildman–Crippen MR) is 75.5 cm³/mol. The highest BCUT2D eigenvalue weighted by molar-refractivity contribution is 5.96. The summed E-state index contributed by atoms with van der Waals surface area (Å²) in [5.74, 6) is -2.74. The lowest BCUT2D eigenvalue weighted by Gasteiger charge is -2.22. The predicted octanol–water partition coefficient (Wildman–Crippen LogP) is 1.30. The summed E-state index contributed by atoms with van der Waals surface area (Å²) in [7, 11) is 2.42. The SMILES string of the molecule is COC(=O)C[C@H](C)[C@@H](NC(=O)c1ccc(F)cc1)C(=O)OC. The third-order valence-corrected chi connectivity index (χ3v) is 3.13. The van der Waals surface area contributed by atoms with Gasteiger partial charge in [0.2, 0.25) is 0 Å². The summed E-state index contributed by atoms with van der Waals surface area (Å²) in [5.41, 5.74) is 0.195. The van der Waals surface area contributed by atoms with Gasteiger partial charge in [0.25, 0.3) is 5.91 Å². The first kappa shape index (κ1) is 17.6. The van der Waals surface area contributed by atoms with Crippen LogP contribution >= 0.6 is 0 Å². The maximum Gasteiger partial charge on any atom is 0.328 e. The minimum atomic E-state index is -1.01. The Morgan fingerprint density at radius 3 is 2.23 bits per heavy atom. The molecule has 1 N–H and O–H groups in total. The highest BCUT2D eigenvalue weighted by Gasteiger charge is 2.29. The molecule has 0 radical (unpaired) electrons. The molecule has 1 amide bonds. The quantitative estimate of drug-likeness (QED) is 0.801. The van der Waals surface area contributed by atoms with Gasteiger partial charge >= 0.3 is 11.9 Å². The Kier molecular flexibility index (Phi) is 6.49. The van der Waals surface area contributed by atoms with Crippen LogP contribution in [0.25, 0.3) is 0 Å². The number of ether oxygens (including phenoxy) is 2. The van der Waals surface area contributed by atoms with Crippen molar-refractivity contribution in [1.29, 1.82) is 0 Å². The highest BCUT2D eigenvalue weighted by Crippen LogP contribution is 2.12. The van der Waals surface area contributed by atoms with Gasteiger partial charge in [0.15, 0.2) is 0 Å². The Balaban J connectivity index is 2.84. The molecule has 0 unspecified atom stereocenters. The maximum atomic E-state index is 12.8. The van der Waals surface area contributed by atoms with Crippen molar-refractivity contribution in [3.8, 4) is 0 Å². The zero-order valence-corrected chi connectivity index (χ0v) is 12.6. The van der Waals surface area contributed by atoms with Crippen molar-refractivity contribution in [1.82, 2.24) is 5.32 Å². The molecule has 0 bridgehead atoms. The van der Waals surface area contributed by atoms with Crippen molar-refractivity contribution in [2.24, 2.45) is 5.92 Å². The van der Waals surface area contributed by atoms with Gasteiger partial charge in [-0.1, -0.05) is 6.92 Å². The lowest BCUT2D eigenvalue weighted by atomic mass is 9.98. The number of nitrogens with one attached hydrogen (secondary N) is 1. The Morgan fingerprint density at radius 2 is 1.73 bits per heavy atom. The zero-order valence-electron chi connectivity index (χ0n) is 12.6. The van der Waals surface area contributed by atoms with Crippen LogP contribution in [0.5, 0.6) is 0 Å². The van der Waals surface area contributed by atoms with Gasteiger partial charge in [-0.2, -0.15) is 0 Å². The number of halogens is 1. The highest BCUT2D eigenvalue weighted by atomic mass is 19.1. The van der Waals surface area contributed by atoms with Gasteiger partial charge in [0.05, 0.1) is 20.6 Å². The largest absolute Gasteiger partial charge is 0.469 e. The molecule has 1 rings (SSSR count). The van der Waals surface area contributed by atoms with Crippen molar-refractivity contribution in [3.05, 3.63) is 35.6 Å². The van der Waals surface area contributed by atoms with Gasteiger partial charge in [-0.15, -0.1) is 0 Å². The molecular weight excluding hydrogens is 293 g/mol. The summed E-state index contributed by atoms with van der Waals surface area (Å²) in [4.78, 5) is 35.2. The second-order valence-corrected chi connectivity index (χ2v) is 4.74. The van der Waals surface area contributed by atoms with Crippen LogP contribution in [0.1, 0.15) is 23.7 Å². The van der Waals surface area contributed by atoms with Crippen LogP contribution in [0.15, 0.2) is 24.3 Å². The van der Waals surface area contributed by atoms with E-state index in [-0.39, 0.29) is 12.0 Å². The molecular formula is C15H18FNO5. The molecule has 6 nitrogen and oxygen atoms in total. The second kappa shape index (κ2) is 8.11. The standard InChI is InChI=1S/C15H18FNO5/c1-9(8-12(18)21-2)13(15(20)22-3)17-14(19)10-4-6-11(16)7-5-10/h4-7,9,13H,8H2,1-3H3,(H,17,19)/t9-,13+/m0/s1. The first-order valence-corrected chi connectivity index (χ1v) is 6.60. The molecule has 1 aromatic carbocycles. The number of methoxy groups -OCH3 is 2. The molecule has 0 saturated heterocycles. The number of esters is 2. The molecule has 0 aliphatic heterocycles. The second-order valence-electron chi connectivity index (χ2n) is 4.74. The Bertz CT molecular complexity index is 543. The molecule has 0 fully saturated rings. The van der Waals surface area contributed by atoms with Gasteiger partial charge in [-0.25, -0.2) is 9.18 Å². The molecule has 0 saturated carbocycles. The van der Waals surface area contributed by atoms with Gasteiger partial charge in [0.1, 0.15) is 11.9 Å². The summed E-state index contributed by atoms with van der Waals surface area (Å²) >= 11 is 0. The Labute approximate surface area is 127 Å². The van der Waals surface area contributed by atoms with Crippen LogP contribution in [0.3, 0.4) is 0 Å². The number of carbonyl (C=O) groups excluding carboxylic acids is 3. The van der Waals surface area contributed by atoms with Crippen LogP contribution in [-0.4, -0.2) is 38.1 Å². The average Bonchev–Trinajstić information content (AvgIpc) is 2.51. The molecule has 0 heterocycles. The van der Waals surface area contributed by atoms with E-state index in [4.69, 9.17) is 0 Å². The van der Waals surface area contributed by atoms with E-state index in [1.807, 2.05) is 0 Å². The van der Waals surface area contributed by atoms with E-state index >= 15 is 0 Å². The van der Waals surface area contributed by atoms with Crippen molar-refractivity contribution in [3.63, 3.8) is 0 Å². The van der Waals surface area contributed by atoms with Crippen LogP contribution in [0.2, 0.25) is 0 Å². The summed E-state index contributed by atoms with van der Waals surface area (Å²) in [6.45, 7) is 1.61. The zero-order chi connectivity index (χ0) is 16.7. The molecule has 0 aliphatic carbocycles. The fourth-order valence-electron chi connectivity index (χ4n) is 1.85. The minimum Gasteiger partial charge on any atom is -0.469 e. The molecule has 0 aliphatic rings. The lowest BCUT2D eigenvalue weighted by molar-refractivity contribution is -0.146. The summed E-state index contributed by atoms with van der Waals surface area (Å²) in [6.07, 6.45) is -0.0556. The topological polar surface area (TPSA) is 81.7 Å². The third kappa shape index (κ3) is 4.83. The summed E-state index contributed by atoms with van der Waals surface area (Å²) in [5, 5.41) is 2.49. The number of rotatable bonds is 6. The molecule has 120 valence electrons. The van der Waals surface area contributed by atoms with Crippen molar-refractivity contribution < 1.29 is 28.2 Å². The fourth-order valence-corrected chi connectivity index (χ4v) is 1.85. The van der Waals surface area contributed by atoms with Gasteiger partial charge in [0, 0.05) is 5.56 Å². The first-order chi connectivity index (χ1) is 10.4. The number of hydrogen-bond donors (Lipinski definition) is 1. The van der Waals surface area contributed by atoms with Crippen LogP contribution in [-0.2, 0) is 19.1 Å². The normalized spacial score (nSPS) is 12.9. The van der Waals surface area contributed by atoms with E-state index in [1.54, 1.807) is 6.92 Å². The van der Waals surface area contributed by atoms with Crippen molar-refractivity contribution >= 4 is 17.8 Å². The Hall–Kier alpha value is -2.44. The molecule has 22 heavy (non-hydrogen) atoms. The fraction of sp³-hybridized carbons (Fsp3) is 0.400. The smallest absolute Gasteiger partial charge is 0.328 e. The number of benzene rings is 1. The van der Waals surface area contributed by atoms with Crippen molar-refractivity contribution in [2.75, 3.05) is 14.2 Å². The molecule has 2 atom stereocenters. The van der Waals surface area contributed by atoms with E-state index in [9.17, 15) is 18.8 Å². The van der Waals surface area contributed by atoms with Crippen LogP contribution < -0.4 is 5.32 Å². The Morgan fingerprint density at radius 1 is 1.14 bits per heavy atom. The first-order valence-electron chi connectivity index (χ1n) is 6.60. The summed E-state index contributed by atoms with van der Waals surface area (Å²) in [6, 6.07) is 3.86. The van der Waals surface area contributed by atoms with E-state index in [1.165, 1.54) is 26.4 Å². The van der Waals surface area contributed by atoms with Gasteiger partial charge in [-0.3, -0.25) is 9.59 Å². The van der Waals surface area contributed by atoms with Crippen LogP contribution in [0, 0.1) is 11.7 Å². The van der Waals surface area contributed by atoms with Gasteiger partial charge in [-0.05, 0) is 30.2 Å². The average molecular weight is 311 g/mol. The van der Waals surface area contributed by atoms with E-state index in [0.29, 0.717) is 0 Å². The number of hydrogen-bond acceptors (Lipinski definition) is 5. The van der Waals surface area contributed by atoms with Crippen LogP contribution in [0.4, 0.5) is 4.39 Å².